The van der Waals surface area contributed by atoms with Gasteiger partial charge in [-0.05, 0) is 121 Å². The Hall–Kier alpha value is -2.06. The Kier molecular flexibility index (Phi) is 8.89. The van der Waals surface area contributed by atoms with E-state index in [1.807, 2.05) is 6.92 Å². The number of carboxylic acid groups (broad SMARTS) is 1. The fourth-order valence-corrected chi connectivity index (χ4v) is 14.2. The molecule has 6 aliphatic carbocycles. The molecule has 11 unspecified atom stereocenters. The number of Topliss-reactive ketones (excluding diaryl/α,β-unsaturated/α-hetero) is 2. The Morgan fingerprint density at radius 1 is 0.940 bits per heavy atom. The molecule has 1 amide bonds. The largest absolute Gasteiger partial charge is 0.481 e. The predicted molar refractivity (Wildman–Crippen MR) is 194 cm³/mol. The third-order valence-corrected chi connectivity index (χ3v) is 17.0. The fourth-order valence-electron chi connectivity index (χ4n) is 14.2. The van der Waals surface area contributed by atoms with Crippen molar-refractivity contribution >= 4 is 23.4 Å². The monoisotopic (exact) mass is 691 g/mol. The van der Waals surface area contributed by atoms with Crippen LogP contribution in [0.25, 0.3) is 0 Å². The standard InChI is InChI=1S/C42H65N3O5/c1-23(2)35-31(47)18-41(19-34(48)45-22-42(43)20-44-21-42)15-11-29-26(36(35)41)8-9-33-39(29,6)14-12-32-38(4,5)25(10-13-40(32,33)7)16-30(46)27-17-28(24(27)3)37(49)50/h23-29,32-33,44H,8-22,43H2,1-7H3,(H,45,48)(H,49,50). The van der Waals surface area contributed by atoms with Gasteiger partial charge in [0, 0.05) is 50.2 Å². The molecule has 0 aromatic heterocycles. The third kappa shape index (κ3) is 5.41. The summed E-state index contributed by atoms with van der Waals surface area (Å²) in [6, 6.07) is 0. The van der Waals surface area contributed by atoms with Crippen molar-refractivity contribution in [1.82, 2.24) is 10.6 Å². The second-order valence-electron chi connectivity index (χ2n) is 20.1. The minimum absolute atomic E-state index is 0.0364. The van der Waals surface area contributed by atoms with Crippen molar-refractivity contribution in [3.05, 3.63) is 11.1 Å². The summed E-state index contributed by atoms with van der Waals surface area (Å²) in [4.78, 5) is 52.6. The normalized spacial score (nSPS) is 44.2. The van der Waals surface area contributed by atoms with Crippen LogP contribution in [0, 0.1) is 74.9 Å². The average Bonchev–Trinajstić information content (AvgIpc) is 3.31. The molecule has 5 saturated carbocycles. The Morgan fingerprint density at radius 2 is 1.64 bits per heavy atom. The van der Waals surface area contributed by atoms with E-state index in [0.29, 0.717) is 80.7 Å². The van der Waals surface area contributed by atoms with Gasteiger partial charge >= 0.3 is 5.97 Å². The summed E-state index contributed by atoms with van der Waals surface area (Å²) in [6.45, 7) is 18.2. The lowest BCUT2D eigenvalue weighted by molar-refractivity contribution is -0.193. The molecule has 6 fully saturated rings. The van der Waals surface area contributed by atoms with Crippen LogP contribution in [0.1, 0.15) is 126 Å². The van der Waals surface area contributed by atoms with Crippen molar-refractivity contribution in [2.24, 2.45) is 80.7 Å². The molecule has 0 aromatic carbocycles. The van der Waals surface area contributed by atoms with E-state index in [2.05, 4.69) is 52.2 Å². The maximum Gasteiger partial charge on any atom is 0.306 e. The molecule has 1 heterocycles. The number of aliphatic carboxylic acids is 1. The van der Waals surface area contributed by atoms with Crippen LogP contribution in [0.5, 0.6) is 0 Å². The van der Waals surface area contributed by atoms with Crippen LogP contribution in [0.15, 0.2) is 11.1 Å². The van der Waals surface area contributed by atoms with Crippen LogP contribution in [0.3, 0.4) is 0 Å². The van der Waals surface area contributed by atoms with Gasteiger partial charge in [-0.25, -0.2) is 0 Å². The van der Waals surface area contributed by atoms with Crippen LogP contribution < -0.4 is 16.4 Å². The number of carboxylic acids is 1. The number of ketones is 2. The van der Waals surface area contributed by atoms with Crippen molar-refractivity contribution in [3.63, 3.8) is 0 Å². The van der Waals surface area contributed by atoms with E-state index in [1.54, 1.807) is 0 Å². The van der Waals surface area contributed by atoms with Crippen LogP contribution in [0.2, 0.25) is 0 Å². The van der Waals surface area contributed by atoms with Gasteiger partial charge in [-0.3, -0.25) is 19.2 Å². The maximum absolute atomic E-state index is 13.9. The number of hydrogen-bond acceptors (Lipinski definition) is 6. The zero-order valence-corrected chi connectivity index (χ0v) is 32.0. The van der Waals surface area contributed by atoms with Gasteiger partial charge in [0.05, 0.1) is 11.5 Å². The van der Waals surface area contributed by atoms with Crippen molar-refractivity contribution in [2.45, 2.75) is 131 Å². The van der Waals surface area contributed by atoms with E-state index < -0.39 is 5.97 Å². The number of rotatable bonds is 9. The van der Waals surface area contributed by atoms with Gasteiger partial charge < -0.3 is 21.5 Å². The first kappa shape index (κ1) is 36.3. The summed E-state index contributed by atoms with van der Waals surface area (Å²) in [5, 5.41) is 15.9. The molecule has 278 valence electrons. The van der Waals surface area contributed by atoms with Gasteiger partial charge in [-0.15, -0.1) is 0 Å². The Bertz CT molecular complexity index is 1480. The molecule has 11 atom stereocenters. The number of allylic oxidation sites excluding steroid dienone is 2. The van der Waals surface area contributed by atoms with E-state index >= 15 is 0 Å². The van der Waals surface area contributed by atoms with Crippen LogP contribution in [0.4, 0.5) is 0 Å². The molecule has 0 bridgehead atoms. The number of amides is 1. The minimum atomic E-state index is -0.761. The maximum atomic E-state index is 13.9. The molecule has 8 heteroatoms. The first-order valence-electron chi connectivity index (χ1n) is 20.2. The quantitative estimate of drug-likeness (QED) is 0.222. The molecule has 50 heavy (non-hydrogen) atoms. The highest BCUT2D eigenvalue weighted by Crippen LogP contribution is 2.74. The molecule has 0 spiro atoms. The van der Waals surface area contributed by atoms with Crippen molar-refractivity contribution in [2.75, 3.05) is 19.6 Å². The number of nitrogens with one attached hydrogen (secondary N) is 2. The Balaban J connectivity index is 1.10. The lowest BCUT2D eigenvalue weighted by Crippen LogP contribution is -2.70. The lowest BCUT2D eigenvalue weighted by Gasteiger charge is -2.69. The molecule has 0 aromatic rings. The molecule has 7 rings (SSSR count). The van der Waals surface area contributed by atoms with Gasteiger partial charge in [0.25, 0.3) is 0 Å². The molecule has 7 aliphatic rings. The first-order valence-corrected chi connectivity index (χ1v) is 20.2. The predicted octanol–water partition coefficient (Wildman–Crippen LogP) is 6.32. The first-order chi connectivity index (χ1) is 23.4. The van der Waals surface area contributed by atoms with Crippen LogP contribution in [-0.4, -0.2) is 53.7 Å². The Morgan fingerprint density at radius 3 is 2.26 bits per heavy atom. The highest BCUT2D eigenvalue weighted by atomic mass is 16.4. The summed E-state index contributed by atoms with van der Waals surface area (Å²) in [5.41, 5.74) is 8.49. The Labute approximate surface area is 300 Å². The van der Waals surface area contributed by atoms with Crippen molar-refractivity contribution in [1.29, 1.82) is 0 Å². The summed E-state index contributed by atoms with van der Waals surface area (Å²) in [7, 11) is 0. The van der Waals surface area contributed by atoms with Crippen LogP contribution in [-0.2, 0) is 19.2 Å². The number of carbonyl (C=O) groups is 4. The van der Waals surface area contributed by atoms with E-state index in [4.69, 9.17) is 5.73 Å². The number of nitrogens with two attached hydrogens (primary N) is 1. The van der Waals surface area contributed by atoms with Crippen molar-refractivity contribution in [3.8, 4) is 0 Å². The molecule has 8 nitrogen and oxygen atoms in total. The zero-order chi connectivity index (χ0) is 36.2. The molecule has 1 aliphatic heterocycles. The summed E-state index contributed by atoms with van der Waals surface area (Å²) >= 11 is 0. The average molecular weight is 692 g/mol. The molecule has 5 N–H and O–H groups in total. The summed E-state index contributed by atoms with van der Waals surface area (Å²) in [5.74, 6) is 1.83. The lowest BCUT2D eigenvalue weighted by atomic mass is 9.35. The van der Waals surface area contributed by atoms with E-state index in [-0.39, 0.29) is 62.6 Å². The van der Waals surface area contributed by atoms with Crippen LogP contribution >= 0.6 is 0 Å². The number of hydrogen-bond donors (Lipinski definition) is 4. The van der Waals surface area contributed by atoms with E-state index in [1.165, 1.54) is 18.4 Å². The van der Waals surface area contributed by atoms with E-state index in [9.17, 15) is 24.3 Å². The topological polar surface area (TPSA) is 139 Å². The summed E-state index contributed by atoms with van der Waals surface area (Å²) < 4.78 is 0. The van der Waals surface area contributed by atoms with Gasteiger partial charge in [0.1, 0.15) is 5.78 Å². The second kappa shape index (κ2) is 12.2. The second-order valence-corrected chi connectivity index (χ2v) is 20.1. The van der Waals surface area contributed by atoms with Gasteiger partial charge in [-0.2, -0.15) is 0 Å². The number of carbonyl (C=O) groups excluding carboxylic acids is 3. The van der Waals surface area contributed by atoms with Gasteiger partial charge in [-0.1, -0.05) is 54.0 Å². The van der Waals surface area contributed by atoms with E-state index in [0.717, 1.165) is 44.1 Å². The minimum Gasteiger partial charge on any atom is -0.481 e. The molecular formula is C42H65N3O5. The fraction of sp³-hybridized carbons (Fsp3) is 0.857. The smallest absolute Gasteiger partial charge is 0.306 e. The molecular weight excluding hydrogens is 626 g/mol. The van der Waals surface area contributed by atoms with Gasteiger partial charge in [0.15, 0.2) is 5.78 Å². The molecule has 0 radical (unpaired) electrons. The highest BCUT2D eigenvalue weighted by Gasteiger charge is 2.66. The summed E-state index contributed by atoms with van der Waals surface area (Å²) in [6.07, 6.45) is 10.8. The SMILES string of the molecule is CC(C)C1=C2C3CCC4C(C)(CCC5C(C)(C)C(CC(=O)C6CC(C(=O)O)C6C)CCC54C)C3CCC2(CC(=O)NCC2(N)CNC2)CC1=O. The zero-order valence-electron chi connectivity index (χ0n) is 32.0. The third-order valence-electron chi connectivity index (χ3n) is 17.0. The molecule has 1 saturated heterocycles. The highest BCUT2D eigenvalue weighted by molar-refractivity contribution is 6.01. The number of fused-ring (bicyclic) bond motifs is 7. The van der Waals surface area contributed by atoms with Gasteiger partial charge in [0.2, 0.25) is 5.91 Å². The van der Waals surface area contributed by atoms with Crippen molar-refractivity contribution < 1.29 is 24.3 Å².